The molecule has 34 heavy (non-hydrogen) atoms. The third-order valence-corrected chi connectivity index (χ3v) is 5.17. The molecular weight excluding hydrogens is 454 g/mol. The van der Waals surface area contributed by atoms with Crippen LogP contribution in [0.5, 0.6) is 11.5 Å². The Morgan fingerprint density at radius 3 is 2.35 bits per heavy atom. The minimum atomic E-state index is -4.13. The monoisotopic (exact) mass is 469 g/mol. The Balaban J connectivity index is 1.67. The largest absolute Gasteiger partial charge is 0.456 e. The van der Waals surface area contributed by atoms with E-state index in [1.807, 2.05) is 6.07 Å². The van der Waals surface area contributed by atoms with E-state index in [1.54, 1.807) is 0 Å². The maximum Gasteiger partial charge on any atom is 0.321 e. The summed E-state index contributed by atoms with van der Waals surface area (Å²) in [4.78, 5) is 3.72. The van der Waals surface area contributed by atoms with Crippen molar-refractivity contribution in [3.05, 3.63) is 89.2 Å². The van der Waals surface area contributed by atoms with Crippen molar-refractivity contribution in [3.8, 4) is 17.6 Å². The zero-order valence-corrected chi connectivity index (χ0v) is 17.2. The summed E-state index contributed by atoms with van der Waals surface area (Å²) in [6.07, 6.45) is 1.35. The highest BCUT2D eigenvalue weighted by atomic mass is 19.3. The summed E-state index contributed by atoms with van der Waals surface area (Å²) < 4.78 is 64.9. The molecule has 4 rings (SSSR count). The summed E-state index contributed by atoms with van der Waals surface area (Å²) >= 11 is 0. The fourth-order valence-corrected chi connectivity index (χ4v) is 3.43. The van der Waals surface area contributed by atoms with E-state index in [9.17, 15) is 13.9 Å². The van der Waals surface area contributed by atoms with Gasteiger partial charge in [0, 0.05) is 18.1 Å². The number of halogens is 4. The number of alkyl halides is 2. The molecule has 0 radical (unpaired) electrons. The van der Waals surface area contributed by atoms with Gasteiger partial charge in [-0.15, -0.1) is 5.10 Å². The third kappa shape index (κ3) is 4.35. The zero-order valence-electron chi connectivity index (χ0n) is 17.2. The minimum Gasteiger partial charge on any atom is -0.456 e. The molecule has 0 fully saturated rings. The van der Waals surface area contributed by atoms with Crippen molar-refractivity contribution in [3.63, 3.8) is 0 Å². The van der Waals surface area contributed by atoms with Crippen molar-refractivity contribution in [1.29, 1.82) is 5.26 Å². The molecule has 1 N–H and O–H groups in total. The van der Waals surface area contributed by atoms with Gasteiger partial charge in [-0.25, -0.2) is 8.78 Å². The van der Waals surface area contributed by atoms with Gasteiger partial charge in [0.25, 0.3) is 0 Å². The predicted molar refractivity (Wildman–Crippen MR) is 111 cm³/mol. The number of rotatable bonds is 7. The number of aliphatic hydroxyl groups is 1. The number of nitrogens with zero attached hydrogens (tertiary/aromatic N) is 5. The van der Waals surface area contributed by atoms with Crippen LogP contribution in [0.1, 0.15) is 23.2 Å². The Morgan fingerprint density at radius 2 is 1.76 bits per heavy atom. The molecule has 0 spiro atoms. The van der Waals surface area contributed by atoms with Crippen LogP contribution >= 0.6 is 0 Å². The van der Waals surface area contributed by atoms with Gasteiger partial charge in [-0.2, -0.15) is 19.2 Å². The molecule has 1 aliphatic heterocycles. The first-order chi connectivity index (χ1) is 16.2. The molecule has 2 aromatic carbocycles. The summed E-state index contributed by atoms with van der Waals surface area (Å²) in [6.45, 7) is 0. The third-order valence-electron chi connectivity index (χ3n) is 5.17. The Kier molecular flexibility index (Phi) is 6.08. The van der Waals surface area contributed by atoms with Gasteiger partial charge in [-0.05, 0) is 47.7 Å². The molecule has 0 saturated heterocycles. The quantitative estimate of drug-likeness (QED) is 0.480. The van der Waals surface area contributed by atoms with Gasteiger partial charge < -0.3 is 9.84 Å². The summed E-state index contributed by atoms with van der Waals surface area (Å²) in [6, 6.07) is 11.0. The molecule has 2 unspecified atom stereocenters. The first kappa shape index (κ1) is 23.0. The van der Waals surface area contributed by atoms with Crippen LogP contribution in [0.15, 0.2) is 76.2 Å². The average molecular weight is 469 g/mol. The van der Waals surface area contributed by atoms with Crippen LogP contribution in [0.25, 0.3) is 0 Å². The van der Waals surface area contributed by atoms with Gasteiger partial charge in [0.2, 0.25) is 0 Å². The van der Waals surface area contributed by atoms with Gasteiger partial charge in [-0.1, -0.05) is 6.07 Å². The molecule has 0 saturated carbocycles. The van der Waals surface area contributed by atoms with E-state index in [2.05, 4.69) is 20.4 Å². The highest BCUT2D eigenvalue weighted by Crippen LogP contribution is 2.49. The van der Waals surface area contributed by atoms with Crippen LogP contribution in [0.2, 0.25) is 0 Å². The van der Waals surface area contributed by atoms with Crippen molar-refractivity contribution < 1.29 is 27.4 Å². The zero-order chi connectivity index (χ0) is 24.3. The van der Waals surface area contributed by atoms with Crippen molar-refractivity contribution in [2.75, 3.05) is 0 Å². The topological polar surface area (TPSA) is 103 Å². The lowest BCUT2D eigenvalue weighted by Crippen LogP contribution is -2.46. The van der Waals surface area contributed by atoms with E-state index in [0.29, 0.717) is 17.4 Å². The number of nitriles is 1. The highest BCUT2D eigenvalue weighted by molar-refractivity contribution is 5.65. The fourth-order valence-electron chi connectivity index (χ4n) is 3.43. The van der Waals surface area contributed by atoms with E-state index in [0.717, 1.165) is 30.6 Å². The smallest absolute Gasteiger partial charge is 0.321 e. The fraction of sp³-hybridized carbons (Fsp3) is 0.174. The van der Waals surface area contributed by atoms with Gasteiger partial charge in [0.15, 0.2) is 5.60 Å². The second-order valence-electron chi connectivity index (χ2n) is 7.42. The van der Waals surface area contributed by atoms with E-state index < -0.39 is 46.9 Å². The number of pyridine rings is 1. The van der Waals surface area contributed by atoms with Crippen LogP contribution < -0.4 is 4.74 Å². The SMILES string of the molecule is N#Cc1ccc(Oc2ccc(C(F)(F)C(O)(CC3C=NN=N3)c3ccc(F)cc3F)nc2)cc1. The maximum absolute atomic E-state index is 15.7. The maximum atomic E-state index is 15.7. The first-order valence-corrected chi connectivity index (χ1v) is 9.86. The summed E-state index contributed by atoms with van der Waals surface area (Å²) in [5.74, 6) is -6.02. The molecule has 7 nitrogen and oxygen atoms in total. The molecule has 0 amide bonds. The summed E-state index contributed by atoms with van der Waals surface area (Å²) in [7, 11) is 0. The Morgan fingerprint density at radius 1 is 1.03 bits per heavy atom. The van der Waals surface area contributed by atoms with Crippen LogP contribution in [0, 0.1) is 23.0 Å². The van der Waals surface area contributed by atoms with E-state index >= 15 is 8.78 Å². The van der Waals surface area contributed by atoms with Gasteiger partial charge in [0.05, 0.1) is 24.0 Å². The molecule has 2 atom stereocenters. The van der Waals surface area contributed by atoms with Crippen LogP contribution in [0.4, 0.5) is 17.6 Å². The highest BCUT2D eigenvalue weighted by Gasteiger charge is 2.58. The number of hydrogen-bond donors (Lipinski definition) is 1. The lowest BCUT2D eigenvalue weighted by molar-refractivity contribution is -0.203. The molecule has 0 bridgehead atoms. The Labute approximate surface area is 190 Å². The minimum absolute atomic E-state index is 0.109. The van der Waals surface area contributed by atoms with Crippen LogP contribution in [0.3, 0.4) is 0 Å². The molecule has 1 aromatic heterocycles. The first-order valence-electron chi connectivity index (χ1n) is 9.86. The molecule has 172 valence electrons. The van der Waals surface area contributed by atoms with Crippen molar-refractivity contribution in [2.45, 2.75) is 24.0 Å². The molecule has 0 aliphatic carbocycles. The van der Waals surface area contributed by atoms with E-state index in [-0.39, 0.29) is 5.75 Å². The molecule has 2 heterocycles. The van der Waals surface area contributed by atoms with Gasteiger partial charge in [0.1, 0.15) is 34.9 Å². The Hall–Kier alpha value is -4.17. The van der Waals surface area contributed by atoms with Crippen LogP contribution in [-0.2, 0) is 11.5 Å². The number of ether oxygens (including phenoxy) is 1. The van der Waals surface area contributed by atoms with E-state index in [1.165, 1.54) is 30.3 Å². The second-order valence-corrected chi connectivity index (χ2v) is 7.42. The molecule has 11 heteroatoms. The number of benzene rings is 2. The van der Waals surface area contributed by atoms with Gasteiger partial charge >= 0.3 is 5.92 Å². The van der Waals surface area contributed by atoms with Gasteiger partial charge in [-0.3, -0.25) is 4.98 Å². The molecular formula is C23H15F4N5O2. The normalized spacial score (nSPS) is 16.8. The van der Waals surface area contributed by atoms with Crippen molar-refractivity contribution >= 4 is 6.21 Å². The summed E-state index contributed by atoms with van der Waals surface area (Å²) in [5, 5.41) is 30.4. The Bertz CT molecular complexity index is 1280. The molecule has 3 aromatic rings. The van der Waals surface area contributed by atoms with E-state index in [4.69, 9.17) is 10.00 Å². The predicted octanol–water partition coefficient (Wildman–Crippen LogP) is 5.21. The number of hydrogen-bond acceptors (Lipinski definition) is 7. The average Bonchev–Trinajstić information content (AvgIpc) is 3.32. The standard InChI is InChI=1S/C23H15F4N5O2/c24-15-3-7-19(20(25)9-15)22(33,10-16-12-30-32-31-16)23(26,27)21-8-6-18(13-29-21)34-17-4-1-14(11-28)2-5-17/h1-9,12-13,16,33H,10H2. The van der Waals surface area contributed by atoms with Crippen molar-refractivity contribution in [1.82, 2.24) is 4.98 Å². The summed E-state index contributed by atoms with van der Waals surface area (Å²) in [5.41, 5.74) is -4.45. The number of aromatic nitrogens is 1. The lowest BCUT2D eigenvalue weighted by Gasteiger charge is -2.36. The van der Waals surface area contributed by atoms with Crippen LogP contribution in [-0.4, -0.2) is 22.3 Å². The lowest BCUT2D eigenvalue weighted by atomic mass is 9.80. The second kappa shape index (κ2) is 8.99. The van der Waals surface area contributed by atoms with Crippen molar-refractivity contribution in [2.24, 2.45) is 15.4 Å². The molecule has 1 aliphatic rings.